The number of likely N-dealkylation sites (tertiary alicyclic amines) is 1. The summed E-state index contributed by atoms with van der Waals surface area (Å²) in [6.07, 6.45) is 4.22. The molecule has 1 fully saturated rings. The number of hydrogen-bond donors (Lipinski definition) is 1. The molecule has 3 aromatic heterocycles. The molecule has 0 aliphatic carbocycles. The molecule has 1 aliphatic rings. The van der Waals surface area contributed by atoms with Gasteiger partial charge in [-0.2, -0.15) is 0 Å². The first-order valence-electron chi connectivity index (χ1n) is 12.5. The van der Waals surface area contributed by atoms with Crippen LogP contribution in [0, 0.1) is 18.7 Å². The highest BCUT2D eigenvalue weighted by atomic mass is 19.1. The van der Waals surface area contributed by atoms with E-state index in [1.165, 1.54) is 39.6 Å². The minimum absolute atomic E-state index is 0.0728. The second kappa shape index (κ2) is 9.90. The van der Waals surface area contributed by atoms with E-state index in [4.69, 9.17) is 0 Å². The summed E-state index contributed by atoms with van der Waals surface area (Å²) in [5.41, 5.74) is 0.179. The lowest BCUT2D eigenvalue weighted by Crippen LogP contribution is -2.52. The van der Waals surface area contributed by atoms with Gasteiger partial charge in [-0.15, -0.1) is 0 Å². The van der Waals surface area contributed by atoms with E-state index < -0.39 is 16.9 Å². The molecule has 4 heterocycles. The van der Waals surface area contributed by atoms with Crippen molar-refractivity contribution < 1.29 is 14.3 Å². The first kappa shape index (κ1) is 26.0. The molecule has 1 saturated heterocycles. The number of amides is 1. The fraction of sp³-hybridized carbons (Fsp3) is 0.286. The molecule has 39 heavy (non-hydrogen) atoms. The Bertz CT molecular complexity index is 1730. The summed E-state index contributed by atoms with van der Waals surface area (Å²) in [5.74, 6) is -1.62. The molecular formula is C28H27FN6O4. The van der Waals surface area contributed by atoms with Gasteiger partial charge in [-0.1, -0.05) is 26.5 Å². The van der Waals surface area contributed by atoms with Crippen molar-refractivity contribution in [1.29, 1.82) is 0 Å². The maximum atomic E-state index is 14.8. The number of halogens is 1. The van der Waals surface area contributed by atoms with Crippen LogP contribution in [0.1, 0.15) is 31.0 Å². The van der Waals surface area contributed by atoms with Crippen molar-refractivity contribution in [2.45, 2.75) is 33.2 Å². The number of aryl methyl sites for hydroxylation is 1. The Kier molecular flexibility index (Phi) is 6.59. The minimum Gasteiger partial charge on any atom is -0.507 e. The van der Waals surface area contributed by atoms with Gasteiger partial charge < -0.3 is 10.0 Å². The number of aromatic hydroxyl groups is 1. The van der Waals surface area contributed by atoms with E-state index in [9.17, 15) is 23.9 Å². The molecule has 11 heteroatoms. The Labute approximate surface area is 222 Å². The molecule has 5 rings (SSSR count). The first-order valence-corrected chi connectivity index (χ1v) is 12.5. The molecule has 1 aromatic carbocycles. The molecule has 4 aromatic rings. The number of aromatic nitrogens is 5. The van der Waals surface area contributed by atoms with Gasteiger partial charge in [-0.05, 0) is 42.7 Å². The predicted molar refractivity (Wildman–Crippen MR) is 143 cm³/mol. The van der Waals surface area contributed by atoms with Crippen molar-refractivity contribution in [2.75, 3.05) is 13.1 Å². The van der Waals surface area contributed by atoms with Crippen molar-refractivity contribution in [1.82, 2.24) is 29.0 Å². The third kappa shape index (κ3) is 4.39. The fourth-order valence-electron chi connectivity index (χ4n) is 4.92. The molecule has 1 aliphatic heterocycles. The van der Waals surface area contributed by atoms with E-state index in [2.05, 4.69) is 21.5 Å². The fourth-order valence-corrected chi connectivity index (χ4v) is 4.92. The third-order valence-electron chi connectivity index (χ3n) is 6.91. The normalized spacial score (nSPS) is 13.6. The van der Waals surface area contributed by atoms with E-state index in [0.29, 0.717) is 30.0 Å². The monoisotopic (exact) mass is 530 g/mol. The molecule has 0 atom stereocenters. The Balaban J connectivity index is 1.78. The smallest absolute Gasteiger partial charge is 0.322 e. The maximum absolute atomic E-state index is 14.8. The van der Waals surface area contributed by atoms with Crippen LogP contribution in [0.25, 0.3) is 28.2 Å². The van der Waals surface area contributed by atoms with Crippen LogP contribution in [0.15, 0.2) is 58.9 Å². The van der Waals surface area contributed by atoms with Gasteiger partial charge in [0, 0.05) is 31.7 Å². The number of fused-ring (bicyclic) bond motifs is 1. The number of hydrogen-bond acceptors (Lipinski definition) is 7. The lowest BCUT2D eigenvalue weighted by Gasteiger charge is -2.39. The minimum atomic E-state index is -0.846. The highest BCUT2D eigenvalue weighted by Gasteiger charge is 2.31. The summed E-state index contributed by atoms with van der Waals surface area (Å²) in [5, 5.41) is 10.4. The number of phenols is 1. The third-order valence-corrected chi connectivity index (χ3v) is 6.91. The van der Waals surface area contributed by atoms with Crippen molar-refractivity contribution in [3.05, 3.63) is 87.1 Å². The van der Waals surface area contributed by atoms with Crippen LogP contribution in [-0.4, -0.2) is 53.1 Å². The number of carbonyl (C=O) groups excluding carboxylic acids is 1. The molecule has 0 saturated carbocycles. The van der Waals surface area contributed by atoms with Gasteiger partial charge in [0.05, 0.1) is 23.1 Å². The van der Waals surface area contributed by atoms with Crippen molar-refractivity contribution in [2.24, 2.45) is 5.92 Å². The summed E-state index contributed by atoms with van der Waals surface area (Å²) < 4.78 is 17.3. The molecule has 0 bridgehead atoms. The number of carbonyl (C=O) groups is 1. The van der Waals surface area contributed by atoms with E-state index in [-0.39, 0.29) is 52.6 Å². The predicted octanol–water partition coefficient (Wildman–Crippen LogP) is 2.93. The van der Waals surface area contributed by atoms with Crippen LogP contribution >= 0.6 is 0 Å². The van der Waals surface area contributed by atoms with Crippen molar-refractivity contribution >= 4 is 17.1 Å². The number of nitrogens with zero attached hydrogens (tertiary/aromatic N) is 6. The largest absolute Gasteiger partial charge is 0.507 e. The number of benzene rings is 1. The molecular weight excluding hydrogens is 503 g/mol. The standard InChI is InChI=1S/C28H27FN6O4/c1-5-21(37)33-12-17(13-33)14-34-19-11-31-25(22-18(29)7-6-8-20(22)36)32-26(19)35(28(39)27(34)38)24-16(4)9-10-30-23(24)15(2)3/h5-11,15,17,36H,1,12-14H2,2-4H3. The van der Waals surface area contributed by atoms with E-state index in [1.807, 2.05) is 13.8 Å². The van der Waals surface area contributed by atoms with Gasteiger partial charge in [0.25, 0.3) is 0 Å². The second-order valence-electron chi connectivity index (χ2n) is 9.92. The SMILES string of the molecule is C=CC(=O)N1CC(Cn2c(=O)c(=O)n(-c3c(C)ccnc3C(C)C)c3nc(-c4c(O)cccc4F)ncc32)C1. The molecule has 0 unspecified atom stereocenters. The Morgan fingerprint density at radius 3 is 2.62 bits per heavy atom. The number of pyridine rings is 1. The Hall–Kier alpha value is -4.67. The highest BCUT2D eigenvalue weighted by Crippen LogP contribution is 2.31. The molecule has 200 valence electrons. The lowest BCUT2D eigenvalue weighted by atomic mass is 10.00. The summed E-state index contributed by atoms with van der Waals surface area (Å²) in [6.45, 7) is 10.1. The summed E-state index contributed by atoms with van der Waals surface area (Å²) in [7, 11) is 0. The van der Waals surface area contributed by atoms with Gasteiger partial charge >= 0.3 is 11.1 Å². The Morgan fingerprint density at radius 1 is 1.21 bits per heavy atom. The average molecular weight is 531 g/mol. The van der Waals surface area contributed by atoms with E-state index >= 15 is 0 Å². The molecule has 1 N–H and O–H groups in total. The number of rotatable bonds is 6. The molecule has 1 amide bonds. The van der Waals surface area contributed by atoms with Crippen LogP contribution < -0.4 is 11.1 Å². The van der Waals surface area contributed by atoms with Crippen LogP contribution in [0.5, 0.6) is 5.75 Å². The van der Waals surface area contributed by atoms with Gasteiger partial charge in [0.1, 0.15) is 17.1 Å². The second-order valence-corrected chi connectivity index (χ2v) is 9.92. The zero-order valence-electron chi connectivity index (χ0n) is 21.8. The van der Waals surface area contributed by atoms with Gasteiger partial charge in [0.15, 0.2) is 11.5 Å². The highest BCUT2D eigenvalue weighted by molar-refractivity contribution is 5.87. The van der Waals surface area contributed by atoms with Crippen molar-refractivity contribution in [3.8, 4) is 22.8 Å². The van der Waals surface area contributed by atoms with Crippen LogP contribution in [0.2, 0.25) is 0 Å². The van der Waals surface area contributed by atoms with Crippen LogP contribution in [-0.2, 0) is 11.3 Å². The summed E-state index contributed by atoms with van der Waals surface area (Å²) >= 11 is 0. The lowest BCUT2D eigenvalue weighted by molar-refractivity contribution is -0.132. The quantitative estimate of drug-likeness (QED) is 0.300. The number of phenolic OH excluding ortho intramolecular Hbond substituents is 1. The van der Waals surface area contributed by atoms with Gasteiger partial charge in [0.2, 0.25) is 5.91 Å². The van der Waals surface area contributed by atoms with Gasteiger partial charge in [-0.25, -0.2) is 14.4 Å². The molecule has 0 spiro atoms. The zero-order chi connectivity index (χ0) is 28.0. The summed E-state index contributed by atoms with van der Waals surface area (Å²) in [4.78, 5) is 54.1. The average Bonchev–Trinajstić information content (AvgIpc) is 2.88. The summed E-state index contributed by atoms with van der Waals surface area (Å²) in [6, 6.07) is 5.58. The maximum Gasteiger partial charge on any atom is 0.322 e. The Morgan fingerprint density at radius 2 is 1.95 bits per heavy atom. The molecule has 0 radical (unpaired) electrons. The molecule has 10 nitrogen and oxygen atoms in total. The topological polar surface area (TPSA) is 123 Å². The van der Waals surface area contributed by atoms with E-state index in [1.54, 1.807) is 24.1 Å². The van der Waals surface area contributed by atoms with Gasteiger partial charge in [-0.3, -0.25) is 28.5 Å². The van der Waals surface area contributed by atoms with E-state index in [0.717, 1.165) is 0 Å². The van der Waals surface area contributed by atoms with Crippen molar-refractivity contribution in [3.63, 3.8) is 0 Å². The van der Waals surface area contributed by atoms with Crippen LogP contribution in [0.3, 0.4) is 0 Å². The zero-order valence-corrected chi connectivity index (χ0v) is 21.8. The first-order chi connectivity index (χ1) is 18.6. The van der Waals surface area contributed by atoms with Crippen LogP contribution in [0.4, 0.5) is 4.39 Å².